The van der Waals surface area contributed by atoms with Gasteiger partial charge in [-0.05, 0) is 38.5 Å². The lowest BCUT2D eigenvalue weighted by atomic mass is 10.0. The maximum atomic E-state index is 12.7. The molecule has 0 saturated carbocycles. The third-order valence-electron chi connectivity index (χ3n) is 9.41. The number of likely N-dealkylation sites (N-methyl/N-ethyl adjacent to an activating group) is 1. The van der Waals surface area contributed by atoms with E-state index in [1.165, 1.54) is 103 Å². The Balaban J connectivity index is 4.36. The van der Waals surface area contributed by atoms with E-state index in [4.69, 9.17) is 14.2 Å². The smallest absolute Gasteiger partial charge is 0.362 e. The Morgan fingerprint density at radius 1 is 0.580 bits per heavy atom. The molecule has 50 heavy (non-hydrogen) atoms. The molecule has 8 heteroatoms. The Labute approximate surface area is 308 Å². The fourth-order valence-corrected chi connectivity index (χ4v) is 6.14. The zero-order chi connectivity index (χ0) is 37.1. The minimum absolute atomic E-state index is 0.0488. The molecule has 0 aromatic rings. The minimum atomic E-state index is -0.875. The molecular formula is C42H80NO7+. The number of allylic oxidation sites excluding steroid dienone is 2. The molecule has 2 atom stereocenters. The number of quaternary nitrogens is 1. The van der Waals surface area contributed by atoms with Gasteiger partial charge in [-0.25, -0.2) is 4.79 Å². The molecule has 0 amide bonds. The summed E-state index contributed by atoms with van der Waals surface area (Å²) in [6.45, 7) is 4.71. The topological polar surface area (TPSA) is 99.1 Å². The Morgan fingerprint density at radius 2 is 1.00 bits per heavy atom. The highest BCUT2D eigenvalue weighted by molar-refractivity contribution is 5.72. The van der Waals surface area contributed by atoms with Gasteiger partial charge in [0.2, 0.25) is 0 Å². The van der Waals surface area contributed by atoms with Crippen LogP contribution in [-0.2, 0) is 28.6 Å². The number of carbonyl (C=O) groups excluding carboxylic acids is 2. The first-order chi connectivity index (χ1) is 24.1. The number of rotatable bonds is 37. The van der Waals surface area contributed by atoms with Crippen molar-refractivity contribution in [2.24, 2.45) is 0 Å². The van der Waals surface area contributed by atoms with E-state index >= 15 is 0 Å². The number of carboxylic acids is 1. The molecular weight excluding hydrogens is 630 g/mol. The fraction of sp³-hybridized carbons (Fsp3) is 0.881. The van der Waals surface area contributed by atoms with Crippen LogP contribution in [0.15, 0.2) is 12.2 Å². The summed E-state index contributed by atoms with van der Waals surface area (Å²) in [5, 5.41) is 9.59. The Kier molecular flexibility index (Phi) is 32.9. The molecule has 0 saturated heterocycles. The summed E-state index contributed by atoms with van der Waals surface area (Å²) in [7, 11) is 5.52. The highest BCUT2D eigenvalue weighted by Gasteiger charge is 2.31. The summed E-state index contributed by atoms with van der Waals surface area (Å²) in [6, 6.07) is -0.610. The molecule has 0 aromatic heterocycles. The SMILES string of the molecule is CCCCC/C=C/CCCCCCCC(=O)OC(COCCC(C(=O)O)[N+](C)(C)C)COC(=O)CCCCCCCCCCCCCCCC. The average molecular weight is 711 g/mol. The number of esters is 2. The van der Waals surface area contributed by atoms with E-state index in [1.807, 2.05) is 21.1 Å². The maximum Gasteiger partial charge on any atom is 0.362 e. The van der Waals surface area contributed by atoms with Crippen LogP contribution in [0.2, 0.25) is 0 Å². The molecule has 0 aliphatic rings. The van der Waals surface area contributed by atoms with Gasteiger partial charge < -0.3 is 23.8 Å². The lowest BCUT2D eigenvalue weighted by Gasteiger charge is -2.31. The monoisotopic (exact) mass is 711 g/mol. The first-order valence-corrected chi connectivity index (χ1v) is 20.7. The Hall–Kier alpha value is -1.93. The highest BCUT2D eigenvalue weighted by Crippen LogP contribution is 2.15. The molecule has 0 spiro atoms. The predicted molar refractivity (Wildman–Crippen MR) is 206 cm³/mol. The second kappa shape index (κ2) is 34.2. The van der Waals surface area contributed by atoms with Crippen LogP contribution in [0.25, 0.3) is 0 Å². The lowest BCUT2D eigenvalue weighted by Crippen LogP contribution is -2.50. The molecule has 0 fully saturated rings. The van der Waals surface area contributed by atoms with Gasteiger partial charge in [-0.2, -0.15) is 0 Å². The van der Waals surface area contributed by atoms with Gasteiger partial charge in [-0.3, -0.25) is 9.59 Å². The number of aliphatic carboxylic acids is 1. The van der Waals surface area contributed by atoms with Crippen LogP contribution in [0.1, 0.15) is 187 Å². The molecule has 294 valence electrons. The summed E-state index contributed by atoms with van der Waals surface area (Å²) < 4.78 is 17.2. The zero-order valence-electron chi connectivity index (χ0n) is 33.4. The second-order valence-electron chi connectivity index (χ2n) is 15.2. The van der Waals surface area contributed by atoms with Crippen molar-refractivity contribution in [3.05, 3.63) is 12.2 Å². The van der Waals surface area contributed by atoms with Gasteiger partial charge in [0.05, 0.1) is 34.4 Å². The highest BCUT2D eigenvalue weighted by atomic mass is 16.6. The molecule has 0 aliphatic carbocycles. The number of ether oxygens (including phenoxy) is 3. The van der Waals surface area contributed by atoms with E-state index in [1.54, 1.807) is 0 Å². The second-order valence-corrected chi connectivity index (χ2v) is 15.2. The molecule has 0 rings (SSSR count). The van der Waals surface area contributed by atoms with Gasteiger partial charge in [0, 0.05) is 19.3 Å². The third kappa shape index (κ3) is 32.0. The number of nitrogens with zero attached hydrogens (tertiary/aromatic N) is 1. The van der Waals surface area contributed by atoms with Gasteiger partial charge in [0.25, 0.3) is 0 Å². The minimum Gasteiger partial charge on any atom is -0.477 e. The van der Waals surface area contributed by atoms with Crippen LogP contribution in [0, 0.1) is 0 Å². The molecule has 0 aromatic carbocycles. The van der Waals surface area contributed by atoms with Gasteiger partial charge in [-0.1, -0.05) is 142 Å². The van der Waals surface area contributed by atoms with Crippen LogP contribution in [0.3, 0.4) is 0 Å². The quantitative estimate of drug-likeness (QED) is 0.0296. The van der Waals surface area contributed by atoms with Crippen molar-refractivity contribution in [1.82, 2.24) is 0 Å². The summed E-state index contributed by atoms with van der Waals surface area (Å²) in [5.41, 5.74) is 0. The third-order valence-corrected chi connectivity index (χ3v) is 9.41. The molecule has 2 unspecified atom stereocenters. The largest absolute Gasteiger partial charge is 0.477 e. The Morgan fingerprint density at radius 3 is 1.48 bits per heavy atom. The van der Waals surface area contributed by atoms with Crippen molar-refractivity contribution in [2.45, 2.75) is 199 Å². The van der Waals surface area contributed by atoms with Crippen molar-refractivity contribution in [1.29, 1.82) is 0 Å². The number of hydrogen-bond donors (Lipinski definition) is 1. The lowest BCUT2D eigenvalue weighted by molar-refractivity contribution is -0.887. The van der Waals surface area contributed by atoms with E-state index in [9.17, 15) is 19.5 Å². The summed E-state index contributed by atoms with van der Waals surface area (Å²) in [5.74, 6) is -1.47. The summed E-state index contributed by atoms with van der Waals surface area (Å²) in [6.07, 6.45) is 33.9. The molecule has 0 radical (unpaired) electrons. The summed E-state index contributed by atoms with van der Waals surface area (Å²) >= 11 is 0. The number of hydrogen-bond acceptors (Lipinski definition) is 6. The van der Waals surface area contributed by atoms with E-state index in [2.05, 4.69) is 26.0 Å². The van der Waals surface area contributed by atoms with Crippen molar-refractivity contribution < 1.29 is 38.2 Å². The van der Waals surface area contributed by atoms with E-state index in [-0.39, 0.29) is 36.2 Å². The molecule has 0 aliphatic heterocycles. The van der Waals surface area contributed by atoms with Crippen LogP contribution < -0.4 is 0 Å². The van der Waals surface area contributed by atoms with Crippen LogP contribution in [-0.4, -0.2) is 80.6 Å². The normalized spacial score (nSPS) is 13.1. The first kappa shape index (κ1) is 48.1. The van der Waals surface area contributed by atoms with E-state index in [0.29, 0.717) is 19.3 Å². The predicted octanol–water partition coefficient (Wildman–Crippen LogP) is 10.7. The van der Waals surface area contributed by atoms with Crippen LogP contribution >= 0.6 is 0 Å². The first-order valence-electron chi connectivity index (χ1n) is 20.7. The van der Waals surface area contributed by atoms with E-state index in [0.717, 1.165) is 51.4 Å². The van der Waals surface area contributed by atoms with Gasteiger partial charge >= 0.3 is 17.9 Å². The summed E-state index contributed by atoms with van der Waals surface area (Å²) in [4.78, 5) is 36.8. The molecule has 0 heterocycles. The van der Waals surface area contributed by atoms with Gasteiger partial charge in [-0.15, -0.1) is 0 Å². The standard InChI is InChI=1S/C42H79NO7/c1-6-8-10-12-14-16-18-20-21-23-24-26-28-30-32-40(44)49-37-38(36-48-35-34-39(42(46)47)43(3,4)5)50-41(45)33-31-29-27-25-22-19-17-15-13-11-9-7-2/h15,17,38-39H,6-14,16,18-37H2,1-5H3/p+1/b17-15+. The van der Waals surface area contributed by atoms with Crippen molar-refractivity contribution >= 4 is 17.9 Å². The van der Waals surface area contributed by atoms with Crippen molar-refractivity contribution in [3.63, 3.8) is 0 Å². The maximum absolute atomic E-state index is 12.7. The molecule has 1 N–H and O–H groups in total. The number of carboxylic acid groups (broad SMARTS) is 1. The van der Waals surface area contributed by atoms with Crippen LogP contribution in [0.5, 0.6) is 0 Å². The van der Waals surface area contributed by atoms with Crippen molar-refractivity contribution in [2.75, 3.05) is 41.0 Å². The van der Waals surface area contributed by atoms with Crippen molar-refractivity contribution in [3.8, 4) is 0 Å². The Bertz CT molecular complexity index is 838. The van der Waals surface area contributed by atoms with Crippen LogP contribution in [0.4, 0.5) is 0 Å². The van der Waals surface area contributed by atoms with E-state index < -0.39 is 18.1 Å². The van der Waals surface area contributed by atoms with Gasteiger partial charge in [0.15, 0.2) is 12.1 Å². The fourth-order valence-electron chi connectivity index (χ4n) is 6.14. The number of carbonyl (C=O) groups is 3. The molecule has 0 bridgehead atoms. The zero-order valence-corrected chi connectivity index (χ0v) is 33.4. The average Bonchev–Trinajstić information content (AvgIpc) is 3.06. The molecule has 8 nitrogen and oxygen atoms in total. The van der Waals surface area contributed by atoms with Gasteiger partial charge in [0.1, 0.15) is 6.61 Å². The number of unbranched alkanes of at least 4 members (excludes halogenated alkanes) is 21.